The molecule has 0 atom stereocenters. The van der Waals surface area contributed by atoms with Crippen LogP contribution < -0.4 is 10.3 Å². The van der Waals surface area contributed by atoms with Gasteiger partial charge in [0.2, 0.25) is 0 Å². The molecule has 0 unspecified atom stereocenters. The van der Waals surface area contributed by atoms with Crippen LogP contribution in [0.5, 0.6) is 0 Å². The zero-order valence-electron chi connectivity index (χ0n) is 13.3. The summed E-state index contributed by atoms with van der Waals surface area (Å²) in [7, 11) is -2.52. The number of benzene rings is 1. The number of hydrogen-bond acceptors (Lipinski definition) is 4. The molecule has 2 heterocycles. The SMILES string of the molecule is CCc1nn(C)c(=O)c2cc(S(=O)(=O)Nc3ccc(F)cc3Cl)cn12. The van der Waals surface area contributed by atoms with Crippen LogP contribution in [0.15, 0.2) is 40.2 Å². The fourth-order valence-corrected chi connectivity index (χ4v) is 3.78. The van der Waals surface area contributed by atoms with E-state index >= 15 is 0 Å². The van der Waals surface area contributed by atoms with Gasteiger partial charge in [-0.05, 0) is 24.3 Å². The van der Waals surface area contributed by atoms with Crippen LogP contribution >= 0.6 is 11.6 Å². The highest BCUT2D eigenvalue weighted by atomic mass is 35.5. The van der Waals surface area contributed by atoms with Crippen molar-refractivity contribution in [1.29, 1.82) is 0 Å². The summed E-state index contributed by atoms with van der Waals surface area (Å²) in [5.41, 5.74) is -0.182. The highest BCUT2D eigenvalue weighted by Gasteiger charge is 2.20. The Balaban J connectivity index is 2.11. The molecule has 0 saturated heterocycles. The standard InChI is InChI=1S/C15H14ClFN4O3S/c1-3-14-18-20(2)15(22)13-7-10(8-21(13)14)25(23,24)19-12-5-4-9(17)6-11(12)16/h4-8,19H,3H2,1-2H3. The quantitative estimate of drug-likeness (QED) is 0.747. The van der Waals surface area contributed by atoms with Crippen molar-refractivity contribution in [1.82, 2.24) is 14.2 Å². The summed E-state index contributed by atoms with van der Waals surface area (Å²) in [4.78, 5) is 12.1. The number of halogens is 2. The van der Waals surface area contributed by atoms with Crippen molar-refractivity contribution in [2.45, 2.75) is 18.2 Å². The lowest BCUT2D eigenvalue weighted by molar-refractivity contribution is 0.601. The van der Waals surface area contributed by atoms with Crippen LogP contribution in [0.4, 0.5) is 10.1 Å². The van der Waals surface area contributed by atoms with Gasteiger partial charge in [-0.15, -0.1) is 0 Å². The average molecular weight is 385 g/mol. The van der Waals surface area contributed by atoms with Crippen LogP contribution in [0.2, 0.25) is 5.02 Å². The summed E-state index contributed by atoms with van der Waals surface area (Å²) in [5.74, 6) is -0.0388. The van der Waals surface area contributed by atoms with Gasteiger partial charge < -0.3 is 0 Å². The molecule has 2 aromatic heterocycles. The lowest BCUT2D eigenvalue weighted by Gasteiger charge is -2.08. The van der Waals surface area contributed by atoms with Crippen LogP contribution in [0.1, 0.15) is 12.7 Å². The molecule has 0 fully saturated rings. The number of nitrogens with zero attached hydrogens (tertiary/aromatic N) is 3. The van der Waals surface area contributed by atoms with E-state index in [2.05, 4.69) is 9.82 Å². The van der Waals surface area contributed by atoms with Gasteiger partial charge in [0.1, 0.15) is 22.1 Å². The molecule has 1 N–H and O–H groups in total. The van der Waals surface area contributed by atoms with E-state index in [0.29, 0.717) is 12.2 Å². The third-order valence-corrected chi connectivity index (χ3v) is 5.30. The van der Waals surface area contributed by atoms with E-state index in [1.807, 2.05) is 6.92 Å². The highest BCUT2D eigenvalue weighted by Crippen LogP contribution is 2.26. The topological polar surface area (TPSA) is 85.5 Å². The minimum absolute atomic E-state index is 0.0417. The van der Waals surface area contributed by atoms with E-state index in [1.165, 1.54) is 29.8 Å². The molecule has 0 bridgehead atoms. The van der Waals surface area contributed by atoms with Crippen LogP contribution in [0, 0.1) is 5.82 Å². The van der Waals surface area contributed by atoms with Crippen molar-refractivity contribution in [3.63, 3.8) is 0 Å². The summed E-state index contributed by atoms with van der Waals surface area (Å²) in [6, 6.07) is 4.59. The molecule has 25 heavy (non-hydrogen) atoms. The number of anilines is 1. The molecule has 0 aliphatic heterocycles. The molecule has 1 aromatic carbocycles. The summed E-state index contributed by atoms with van der Waals surface area (Å²) >= 11 is 5.86. The third-order valence-electron chi connectivity index (χ3n) is 3.65. The molecule has 0 spiro atoms. The fraction of sp³-hybridized carbons (Fsp3) is 0.200. The van der Waals surface area contributed by atoms with Crippen molar-refractivity contribution in [3.8, 4) is 0 Å². The Morgan fingerprint density at radius 3 is 2.68 bits per heavy atom. The van der Waals surface area contributed by atoms with Gasteiger partial charge in [0.25, 0.3) is 15.6 Å². The lowest BCUT2D eigenvalue weighted by atomic mass is 10.3. The van der Waals surface area contributed by atoms with E-state index < -0.39 is 21.4 Å². The Morgan fingerprint density at radius 1 is 1.32 bits per heavy atom. The molecule has 0 aliphatic carbocycles. The maximum Gasteiger partial charge on any atom is 0.290 e. The maximum atomic E-state index is 13.1. The van der Waals surface area contributed by atoms with Crippen LogP contribution in [0.25, 0.3) is 5.52 Å². The molecular weight excluding hydrogens is 371 g/mol. The van der Waals surface area contributed by atoms with E-state index in [9.17, 15) is 17.6 Å². The molecule has 0 aliphatic rings. The predicted molar refractivity (Wildman–Crippen MR) is 92.0 cm³/mol. The highest BCUT2D eigenvalue weighted by molar-refractivity contribution is 7.92. The Bertz CT molecular complexity index is 1140. The molecule has 3 aromatic rings. The number of fused-ring (bicyclic) bond motifs is 1. The minimum Gasteiger partial charge on any atom is -0.297 e. The molecule has 0 amide bonds. The molecule has 0 radical (unpaired) electrons. The largest absolute Gasteiger partial charge is 0.297 e. The second-order valence-corrected chi connectivity index (χ2v) is 7.45. The van der Waals surface area contributed by atoms with Crippen LogP contribution in [0.3, 0.4) is 0 Å². The number of aryl methyl sites for hydroxylation is 2. The predicted octanol–water partition coefficient (Wildman–Crippen LogP) is 2.19. The second-order valence-electron chi connectivity index (χ2n) is 5.36. The first kappa shape index (κ1) is 17.4. The Morgan fingerprint density at radius 2 is 2.04 bits per heavy atom. The first-order valence-electron chi connectivity index (χ1n) is 7.29. The van der Waals surface area contributed by atoms with Crippen molar-refractivity contribution in [3.05, 3.63) is 57.5 Å². The van der Waals surface area contributed by atoms with Gasteiger partial charge in [-0.1, -0.05) is 18.5 Å². The number of rotatable bonds is 4. The van der Waals surface area contributed by atoms with E-state index in [4.69, 9.17) is 11.6 Å². The van der Waals surface area contributed by atoms with Gasteiger partial charge in [0.05, 0.1) is 10.7 Å². The van der Waals surface area contributed by atoms with Gasteiger partial charge in [0, 0.05) is 19.7 Å². The zero-order chi connectivity index (χ0) is 18.4. The lowest BCUT2D eigenvalue weighted by Crippen LogP contribution is -2.23. The number of hydrogen-bond donors (Lipinski definition) is 1. The first-order valence-corrected chi connectivity index (χ1v) is 9.15. The first-order chi connectivity index (χ1) is 11.7. The third kappa shape index (κ3) is 3.12. The van der Waals surface area contributed by atoms with Gasteiger partial charge in [-0.2, -0.15) is 5.10 Å². The second kappa shape index (κ2) is 6.16. The Labute approximate surface area is 147 Å². The minimum atomic E-state index is -4.02. The zero-order valence-corrected chi connectivity index (χ0v) is 14.9. The molecule has 7 nitrogen and oxygen atoms in total. The van der Waals surface area contributed by atoms with Crippen LogP contribution in [-0.2, 0) is 23.5 Å². The van der Waals surface area contributed by atoms with Crippen molar-refractivity contribution < 1.29 is 12.8 Å². The van der Waals surface area contributed by atoms with E-state index in [0.717, 1.165) is 16.8 Å². The number of sulfonamides is 1. The summed E-state index contributed by atoms with van der Waals surface area (Å²) in [5, 5.41) is 4.04. The normalized spacial score (nSPS) is 11.8. The van der Waals surface area contributed by atoms with Gasteiger partial charge in [0.15, 0.2) is 0 Å². The maximum absolute atomic E-state index is 13.1. The summed E-state index contributed by atoms with van der Waals surface area (Å²) in [6.45, 7) is 1.84. The molecule has 0 saturated carbocycles. The number of nitrogens with one attached hydrogen (secondary N) is 1. The smallest absolute Gasteiger partial charge is 0.290 e. The monoisotopic (exact) mass is 384 g/mol. The Hall–Kier alpha value is -2.39. The molecular formula is C15H14ClFN4O3S. The van der Waals surface area contributed by atoms with E-state index in [1.54, 1.807) is 0 Å². The van der Waals surface area contributed by atoms with Crippen molar-refractivity contribution in [2.24, 2.45) is 7.05 Å². The van der Waals surface area contributed by atoms with Gasteiger partial charge >= 0.3 is 0 Å². The Kier molecular flexibility index (Phi) is 4.29. The average Bonchev–Trinajstić information content (AvgIpc) is 3.00. The molecule has 10 heteroatoms. The molecule has 132 valence electrons. The van der Waals surface area contributed by atoms with Crippen molar-refractivity contribution in [2.75, 3.05) is 4.72 Å². The fourth-order valence-electron chi connectivity index (χ4n) is 2.41. The van der Waals surface area contributed by atoms with Crippen LogP contribution in [-0.4, -0.2) is 22.6 Å². The summed E-state index contributed by atoms with van der Waals surface area (Å²) < 4.78 is 43.2. The van der Waals surface area contributed by atoms with E-state index in [-0.39, 0.29) is 21.1 Å². The molecule has 3 rings (SSSR count). The summed E-state index contributed by atoms with van der Waals surface area (Å²) in [6.07, 6.45) is 1.83. The number of aromatic nitrogens is 3. The van der Waals surface area contributed by atoms with Crippen molar-refractivity contribution >= 4 is 32.8 Å². The van der Waals surface area contributed by atoms with Gasteiger partial charge in [-0.25, -0.2) is 17.5 Å². The van der Waals surface area contributed by atoms with Gasteiger partial charge in [-0.3, -0.25) is 13.9 Å².